The van der Waals surface area contributed by atoms with Gasteiger partial charge in [-0.05, 0) is 32.4 Å². The molecule has 4 nitrogen and oxygen atoms in total. The Kier molecular flexibility index (Phi) is 4.22. The summed E-state index contributed by atoms with van der Waals surface area (Å²) in [6, 6.07) is 4.11. The number of nitrogens with one attached hydrogen (secondary N) is 1. The van der Waals surface area contributed by atoms with Gasteiger partial charge in [0.1, 0.15) is 0 Å². The van der Waals surface area contributed by atoms with Crippen molar-refractivity contribution in [2.24, 2.45) is 0 Å². The van der Waals surface area contributed by atoms with Crippen LogP contribution in [0.25, 0.3) is 0 Å². The van der Waals surface area contributed by atoms with Crippen LogP contribution in [0, 0.1) is 0 Å². The molecule has 0 unspecified atom stereocenters. The van der Waals surface area contributed by atoms with Gasteiger partial charge in [-0.2, -0.15) is 5.10 Å². The maximum absolute atomic E-state index is 5.82. The zero-order chi connectivity index (χ0) is 13.9. The third kappa shape index (κ3) is 4.65. The summed E-state index contributed by atoms with van der Waals surface area (Å²) < 4.78 is 1.78. The van der Waals surface area contributed by atoms with Crippen LogP contribution in [-0.2, 0) is 13.1 Å². The first kappa shape index (κ1) is 14.0. The fraction of sp³-hybridized carbons (Fsp3) is 0.429. The molecular weight excluding hydrogens is 260 g/mol. The van der Waals surface area contributed by atoms with Crippen molar-refractivity contribution in [3.05, 3.63) is 47.0 Å². The second-order valence-electron chi connectivity index (χ2n) is 5.62. The van der Waals surface area contributed by atoms with Crippen LogP contribution in [-0.4, -0.2) is 20.3 Å². The van der Waals surface area contributed by atoms with Crippen molar-refractivity contribution in [2.45, 2.75) is 39.4 Å². The highest BCUT2D eigenvalue weighted by molar-refractivity contribution is 6.30. The molecular formula is C14H19ClN4. The highest BCUT2D eigenvalue weighted by atomic mass is 35.5. The molecule has 19 heavy (non-hydrogen) atoms. The first-order valence-corrected chi connectivity index (χ1v) is 6.67. The van der Waals surface area contributed by atoms with Gasteiger partial charge in [-0.15, -0.1) is 0 Å². The summed E-state index contributed by atoms with van der Waals surface area (Å²) >= 11 is 5.82. The zero-order valence-electron chi connectivity index (χ0n) is 11.5. The summed E-state index contributed by atoms with van der Waals surface area (Å²) in [5, 5.41) is 8.21. The van der Waals surface area contributed by atoms with E-state index < -0.39 is 0 Å². The van der Waals surface area contributed by atoms with E-state index in [4.69, 9.17) is 11.6 Å². The molecule has 0 radical (unpaired) electrons. The smallest absolute Gasteiger partial charge is 0.0831 e. The standard InChI is InChI=1S/C14H19ClN4/c1-14(2,3)17-7-11-4-5-13(16-6-11)10-19-9-12(15)8-18-19/h4-6,8-9,17H,7,10H2,1-3H3. The maximum Gasteiger partial charge on any atom is 0.0831 e. The Labute approximate surface area is 118 Å². The van der Waals surface area contributed by atoms with Gasteiger partial charge in [0.05, 0.1) is 23.5 Å². The molecule has 0 aliphatic carbocycles. The number of halogens is 1. The van der Waals surface area contributed by atoms with Gasteiger partial charge >= 0.3 is 0 Å². The van der Waals surface area contributed by atoms with Gasteiger partial charge in [-0.3, -0.25) is 9.67 Å². The van der Waals surface area contributed by atoms with Crippen molar-refractivity contribution in [1.82, 2.24) is 20.1 Å². The largest absolute Gasteiger partial charge is 0.308 e. The molecule has 0 aliphatic heterocycles. The van der Waals surface area contributed by atoms with E-state index in [0.29, 0.717) is 11.6 Å². The Morgan fingerprint density at radius 1 is 1.26 bits per heavy atom. The van der Waals surface area contributed by atoms with Gasteiger partial charge in [-0.1, -0.05) is 17.7 Å². The highest BCUT2D eigenvalue weighted by Crippen LogP contribution is 2.08. The van der Waals surface area contributed by atoms with Crippen LogP contribution >= 0.6 is 11.6 Å². The lowest BCUT2D eigenvalue weighted by Crippen LogP contribution is -2.35. The molecule has 2 heterocycles. The predicted molar refractivity (Wildman–Crippen MR) is 77.2 cm³/mol. The minimum Gasteiger partial charge on any atom is -0.308 e. The molecule has 0 aliphatic rings. The zero-order valence-corrected chi connectivity index (χ0v) is 12.3. The third-order valence-electron chi connectivity index (χ3n) is 2.63. The van der Waals surface area contributed by atoms with Crippen molar-refractivity contribution in [3.8, 4) is 0 Å². The molecule has 1 N–H and O–H groups in total. The van der Waals surface area contributed by atoms with Crippen molar-refractivity contribution in [2.75, 3.05) is 0 Å². The van der Waals surface area contributed by atoms with E-state index in [-0.39, 0.29) is 5.54 Å². The average molecular weight is 279 g/mol. The van der Waals surface area contributed by atoms with Crippen LogP contribution in [0.1, 0.15) is 32.0 Å². The lowest BCUT2D eigenvalue weighted by molar-refractivity contribution is 0.424. The first-order chi connectivity index (χ1) is 8.92. The fourth-order valence-electron chi connectivity index (χ4n) is 1.61. The van der Waals surface area contributed by atoms with Crippen molar-refractivity contribution in [3.63, 3.8) is 0 Å². The summed E-state index contributed by atoms with van der Waals surface area (Å²) in [6.07, 6.45) is 5.32. The van der Waals surface area contributed by atoms with Crippen LogP contribution in [0.4, 0.5) is 0 Å². The molecule has 2 aromatic rings. The van der Waals surface area contributed by atoms with Crippen LogP contribution < -0.4 is 5.32 Å². The number of hydrogen-bond acceptors (Lipinski definition) is 3. The van der Waals surface area contributed by atoms with Crippen LogP contribution in [0.3, 0.4) is 0 Å². The summed E-state index contributed by atoms with van der Waals surface area (Å²) in [6.45, 7) is 7.91. The molecule has 0 fully saturated rings. The van der Waals surface area contributed by atoms with E-state index in [1.165, 1.54) is 5.56 Å². The second-order valence-corrected chi connectivity index (χ2v) is 6.05. The van der Waals surface area contributed by atoms with Crippen LogP contribution in [0.15, 0.2) is 30.7 Å². The van der Waals surface area contributed by atoms with Gasteiger partial charge in [0, 0.05) is 24.5 Å². The normalized spacial score (nSPS) is 11.8. The summed E-state index contributed by atoms with van der Waals surface area (Å²) in [7, 11) is 0. The second kappa shape index (κ2) is 5.72. The van der Waals surface area contributed by atoms with Crippen LogP contribution in [0.2, 0.25) is 5.02 Å². The van der Waals surface area contributed by atoms with E-state index >= 15 is 0 Å². The first-order valence-electron chi connectivity index (χ1n) is 6.29. The highest BCUT2D eigenvalue weighted by Gasteiger charge is 2.08. The Morgan fingerprint density at radius 2 is 2.05 bits per heavy atom. The van der Waals surface area contributed by atoms with E-state index in [0.717, 1.165) is 12.2 Å². The van der Waals surface area contributed by atoms with Gasteiger partial charge in [-0.25, -0.2) is 0 Å². The monoisotopic (exact) mass is 278 g/mol. The SMILES string of the molecule is CC(C)(C)NCc1ccc(Cn2cc(Cl)cn2)nc1. The predicted octanol–water partition coefficient (Wildman–Crippen LogP) is 2.87. The number of rotatable bonds is 4. The van der Waals surface area contributed by atoms with Crippen molar-refractivity contribution >= 4 is 11.6 Å². The molecule has 0 atom stereocenters. The average Bonchev–Trinajstić information content (AvgIpc) is 2.73. The third-order valence-corrected chi connectivity index (χ3v) is 2.83. The summed E-state index contributed by atoms with van der Waals surface area (Å²) in [4.78, 5) is 4.44. The minimum absolute atomic E-state index is 0.116. The lowest BCUT2D eigenvalue weighted by atomic mass is 10.1. The van der Waals surface area contributed by atoms with E-state index in [1.807, 2.05) is 12.3 Å². The van der Waals surface area contributed by atoms with E-state index in [1.54, 1.807) is 17.1 Å². The van der Waals surface area contributed by atoms with Gasteiger partial charge in [0.2, 0.25) is 0 Å². The Hall–Kier alpha value is -1.39. The quantitative estimate of drug-likeness (QED) is 0.935. The molecule has 0 spiro atoms. The minimum atomic E-state index is 0.116. The maximum atomic E-state index is 5.82. The van der Waals surface area contributed by atoms with Crippen molar-refractivity contribution < 1.29 is 0 Å². The molecule has 0 bridgehead atoms. The topological polar surface area (TPSA) is 42.7 Å². The van der Waals surface area contributed by atoms with Gasteiger partial charge in [0.15, 0.2) is 0 Å². The molecule has 102 valence electrons. The molecule has 0 aromatic carbocycles. The number of nitrogens with zero attached hydrogens (tertiary/aromatic N) is 3. The summed E-state index contributed by atoms with van der Waals surface area (Å²) in [5.74, 6) is 0. The lowest BCUT2D eigenvalue weighted by Gasteiger charge is -2.20. The number of aromatic nitrogens is 3. The van der Waals surface area contributed by atoms with Crippen molar-refractivity contribution in [1.29, 1.82) is 0 Å². The molecule has 0 saturated heterocycles. The van der Waals surface area contributed by atoms with Crippen LogP contribution in [0.5, 0.6) is 0 Å². The Bertz CT molecular complexity index is 525. The Balaban J connectivity index is 1.95. The van der Waals surface area contributed by atoms with E-state index in [9.17, 15) is 0 Å². The molecule has 0 amide bonds. The van der Waals surface area contributed by atoms with Gasteiger partial charge in [0.25, 0.3) is 0 Å². The van der Waals surface area contributed by atoms with E-state index in [2.05, 4.69) is 42.2 Å². The molecule has 2 rings (SSSR count). The number of pyridine rings is 1. The Morgan fingerprint density at radius 3 is 2.58 bits per heavy atom. The van der Waals surface area contributed by atoms with Gasteiger partial charge < -0.3 is 5.32 Å². The summed E-state index contributed by atoms with van der Waals surface area (Å²) in [5.41, 5.74) is 2.27. The molecule has 5 heteroatoms. The number of hydrogen-bond donors (Lipinski definition) is 1. The molecule has 2 aromatic heterocycles. The fourth-order valence-corrected chi connectivity index (χ4v) is 1.77. The molecule has 0 saturated carbocycles.